The molecule has 0 radical (unpaired) electrons. The molecule has 5 unspecified atom stereocenters. The van der Waals surface area contributed by atoms with Crippen LogP contribution in [0.2, 0.25) is 0 Å². The molecule has 0 amide bonds. The number of benzene rings is 2. The number of nitrogens with zero attached hydrogens (tertiary/aromatic N) is 2. The van der Waals surface area contributed by atoms with E-state index < -0.39 is 11.8 Å². The molecule has 2 aliphatic heterocycles. The first-order chi connectivity index (χ1) is 18.7. The Morgan fingerprint density at radius 2 is 1.77 bits per heavy atom. The predicted molar refractivity (Wildman–Crippen MR) is 145 cm³/mol. The Balaban J connectivity index is 1.24. The second-order valence-electron chi connectivity index (χ2n) is 11.4. The summed E-state index contributed by atoms with van der Waals surface area (Å²) in [6, 6.07) is 19.0. The zero-order valence-electron chi connectivity index (χ0n) is 22.6. The second-order valence-corrected chi connectivity index (χ2v) is 11.4. The van der Waals surface area contributed by atoms with Crippen LogP contribution < -0.4 is 0 Å². The summed E-state index contributed by atoms with van der Waals surface area (Å²) in [5.74, 6) is -1.41. The van der Waals surface area contributed by atoms with Crippen LogP contribution in [0.1, 0.15) is 48.2 Å². The van der Waals surface area contributed by atoms with Gasteiger partial charge in [-0.3, -0.25) is 9.47 Å². The van der Waals surface area contributed by atoms with E-state index in [-0.39, 0.29) is 47.6 Å². The van der Waals surface area contributed by atoms with Crippen molar-refractivity contribution in [3.05, 3.63) is 77.4 Å². The number of esters is 1. The fourth-order valence-electron chi connectivity index (χ4n) is 6.62. The number of ether oxygens (including phenoxy) is 3. The Bertz CT molecular complexity index is 1350. The molecule has 2 bridgehead atoms. The number of aromatic nitrogens is 1. The van der Waals surface area contributed by atoms with Crippen LogP contribution in [0, 0.1) is 12.8 Å². The molecule has 5 atom stereocenters. The Labute approximate surface area is 228 Å². The molecule has 1 saturated carbocycles. The minimum Gasteiger partial charge on any atom is -0.494 e. The van der Waals surface area contributed by atoms with Crippen LogP contribution in [0.4, 0.5) is 0 Å². The van der Waals surface area contributed by atoms with Gasteiger partial charge in [0, 0.05) is 30.1 Å². The largest absolute Gasteiger partial charge is 0.494 e. The predicted octanol–water partition coefficient (Wildman–Crippen LogP) is 4.58. The lowest BCUT2D eigenvalue weighted by molar-refractivity contribution is -0.175. The van der Waals surface area contributed by atoms with Gasteiger partial charge in [0.25, 0.3) is 0 Å². The minimum absolute atomic E-state index is 0.0267. The Hall–Kier alpha value is -3.33. The fraction of sp³-hybridized carbons (Fsp3) is 0.452. The average molecular weight is 533 g/mol. The summed E-state index contributed by atoms with van der Waals surface area (Å²) in [7, 11) is 0. The molecule has 1 aromatic heterocycles. The van der Waals surface area contributed by atoms with Gasteiger partial charge in [-0.25, -0.2) is 4.79 Å². The van der Waals surface area contributed by atoms with E-state index in [2.05, 4.69) is 29.2 Å². The van der Waals surface area contributed by atoms with Crippen molar-refractivity contribution in [2.24, 2.45) is 5.92 Å². The summed E-state index contributed by atoms with van der Waals surface area (Å²) in [6.45, 7) is 7.05. The highest BCUT2D eigenvalue weighted by Gasteiger charge is 2.60. The number of para-hydroxylation sites is 1. The van der Waals surface area contributed by atoms with E-state index in [1.54, 1.807) is 31.2 Å². The van der Waals surface area contributed by atoms with E-state index in [0.717, 1.165) is 25.8 Å². The Kier molecular flexibility index (Phi) is 6.65. The molecule has 0 spiro atoms. The molecule has 6 rings (SSSR count). The summed E-state index contributed by atoms with van der Waals surface area (Å²) >= 11 is 0. The molecule has 8 heteroatoms. The first-order valence-electron chi connectivity index (χ1n) is 13.8. The van der Waals surface area contributed by atoms with Crippen LogP contribution in [0.15, 0.2) is 60.7 Å². The quantitative estimate of drug-likeness (QED) is 0.430. The molecule has 2 N–H and O–H groups in total. The van der Waals surface area contributed by atoms with Crippen LogP contribution in [-0.2, 0) is 20.6 Å². The van der Waals surface area contributed by atoms with E-state index in [4.69, 9.17) is 14.2 Å². The zero-order valence-corrected chi connectivity index (χ0v) is 22.6. The number of piperidine rings is 1. The maximum atomic E-state index is 13.6. The first-order valence-corrected chi connectivity index (χ1v) is 13.8. The third-order valence-corrected chi connectivity index (χ3v) is 8.36. The van der Waals surface area contributed by atoms with Crippen molar-refractivity contribution in [3.63, 3.8) is 0 Å². The molecule has 39 heavy (non-hydrogen) atoms. The number of rotatable bonds is 7. The summed E-state index contributed by atoms with van der Waals surface area (Å²) in [5, 5.41) is 21.0. The van der Waals surface area contributed by atoms with E-state index in [1.165, 1.54) is 16.2 Å². The van der Waals surface area contributed by atoms with Gasteiger partial charge in [-0.2, -0.15) is 0 Å². The van der Waals surface area contributed by atoms with Gasteiger partial charge < -0.3 is 24.4 Å². The second kappa shape index (κ2) is 10.0. The van der Waals surface area contributed by atoms with Crippen molar-refractivity contribution in [1.29, 1.82) is 0 Å². The Morgan fingerprint density at radius 3 is 2.51 bits per heavy atom. The molecule has 1 aliphatic carbocycles. The van der Waals surface area contributed by atoms with E-state index in [1.807, 2.05) is 19.9 Å². The molecule has 206 valence electrons. The lowest BCUT2D eigenvalue weighted by atomic mass is 9.94. The molecule has 3 heterocycles. The van der Waals surface area contributed by atoms with Crippen molar-refractivity contribution < 1.29 is 29.2 Å². The summed E-state index contributed by atoms with van der Waals surface area (Å²) in [6.07, 6.45) is 2.23. The van der Waals surface area contributed by atoms with Gasteiger partial charge in [0.05, 0.1) is 17.4 Å². The molecule has 3 aliphatic rings. The van der Waals surface area contributed by atoms with Crippen molar-refractivity contribution in [2.45, 2.75) is 70.2 Å². The maximum absolute atomic E-state index is 13.6. The molecule has 3 fully saturated rings. The van der Waals surface area contributed by atoms with Gasteiger partial charge in [-0.15, -0.1) is 0 Å². The van der Waals surface area contributed by atoms with Crippen molar-refractivity contribution in [2.75, 3.05) is 13.1 Å². The van der Waals surface area contributed by atoms with E-state index in [9.17, 15) is 15.0 Å². The number of hydrogen-bond donors (Lipinski definition) is 2. The van der Waals surface area contributed by atoms with Gasteiger partial charge in [0.1, 0.15) is 12.2 Å². The SMILES string of the molecule is Cc1cc(O)n(-c2ccccc2C(=O)OC2CN(CCCc3ccccc3)C3CC2C2OC(C)(C)OC23)c1O. The molecule has 2 aromatic carbocycles. The van der Waals surface area contributed by atoms with Gasteiger partial charge in [0.2, 0.25) is 5.88 Å². The number of carbonyl (C=O) groups is 1. The van der Waals surface area contributed by atoms with Crippen LogP contribution in [-0.4, -0.2) is 68.9 Å². The van der Waals surface area contributed by atoms with Crippen molar-refractivity contribution >= 4 is 5.97 Å². The van der Waals surface area contributed by atoms with Gasteiger partial charge in [-0.05, 0) is 64.3 Å². The molecule has 2 saturated heterocycles. The maximum Gasteiger partial charge on any atom is 0.340 e. The highest BCUT2D eigenvalue weighted by Crippen LogP contribution is 2.48. The standard InChI is InChI=1S/C31H36N2O6/c1-19-16-26(34)33(29(19)35)23-14-8-7-13-21(23)30(36)37-25-18-32(15-9-12-20-10-5-4-6-11-20)24-17-22(25)27-28(24)39-31(2,3)38-27/h4-8,10-11,13-14,16,22,24-25,27-28,34-35H,9,12,15,17-18H2,1-3H3. The average Bonchev–Trinajstić information content (AvgIpc) is 3.48. The van der Waals surface area contributed by atoms with Crippen molar-refractivity contribution in [3.8, 4) is 17.4 Å². The van der Waals surface area contributed by atoms with Crippen molar-refractivity contribution in [1.82, 2.24) is 9.47 Å². The monoisotopic (exact) mass is 532 g/mol. The highest BCUT2D eigenvalue weighted by atomic mass is 16.8. The molecular weight excluding hydrogens is 496 g/mol. The number of aromatic hydroxyl groups is 2. The van der Waals surface area contributed by atoms with E-state index >= 15 is 0 Å². The summed E-state index contributed by atoms with van der Waals surface area (Å²) in [4.78, 5) is 16.1. The Morgan fingerprint density at radius 1 is 1.05 bits per heavy atom. The third kappa shape index (κ3) is 4.81. The number of carbonyl (C=O) groups excluding carboxylic acids is 1. The summed E-state index contributed by atoms with van der Waals surface area (Å²) in [5.41, 5.74) is 2.46. The van der Waals surface area contributed by atoms with Crippen LogP contribution in [0.3, 0.4) is 0 Å². The fourth-order valence-corrected chi connectivity index (χ4v) is 6.62. The molecule has 8 nitrogen and oxygen atoms in total. The lowest BCUT2D eigenvalue weighted by Crippen LogP contribution is -2.51. The van der Waals surface area contributed by atoms with Crippen LogP contribution >= 0.6 is 0 Å². The third-order valence-electron chi connectivity index (χ3n) is 8.36. The van der Waals surface area contributed by atoms with Gasteiger partial charge >= 0.3 is 5.97 Å². The minimum atomic E-state index is -0.679. The molecular formula is C31H36N2O6. The van der Waals surface area contributed by atoms with Gasteiger partial charge in [0.15, 0.2) is 11.7 Å². The normalized spacial score (nSPS) is 27.4. The summed E-state index contributed by atoms with van der Waals surface area (Å²) < 4.78 is 20.2. The highest BCUT2D eigenvalue weighted by molar-refractivity contribution is 5.94. The smallest absolute Gasteiger partial charge is 0.340 e. The number of likely N-dealkylation sites (tertiary alicyclic amines) is 1. The number of hydrogen-bond acceptors (Lipinski definition) is 7. The van der Waals surface area contributed by atoms with E-state index in [0.29, 0.717) is 17.8 Å². The van der Waals surface area contributed by atoms with Crippen LogP contribution in [0.5, 0.6) is 11.8 Å². The zero-order chi connectivity index (χ0) is 27.3. The number of fused-ring (bicyclic) bond motifs is 5. The molecule has 3 aromatic rings. The number of aryl methyl sites for hydroxylation is 2. The first kappa shape index (κ1) is 25.9. The van der Waals surface area contributed by atoms with Crippen LogP contribution in [0.25, 0.3) is 5.69 Å². The lowest BCUT2D eigenvalue weighted by Gasteiger charge is -2.40. The topological polar surface area (TPSA) is 93.4 Å². The van der Waals surface area contributed by atoms with Gasteiger partial charge in [-0.1, -0.05) is 42.5 Å².